The summed E-state index contributed by atoms with van der Waals surface area (Å²) < 4.78 is 27.4. The molecular weight excluding hydrogens is 416 g/mol. The quantitative estimate of drug-likeness (QED) is 0.636. The van der Waals surface area contributed by atoms with E-state index in [2.05, 4.69) is 34.4 Å². The van der Waals surface area contributed by atoms with Gasteiger partial charge in [-0.15, -0.1) is 13.2 Å². The number of hydrogen-bond donors (Lipinski definition) is 1. The lowest BCUT2D eigenvalue weighted by molar-refractivity contribution is 0.102. The Morgan fingerprint density at radius 2 is 1.69 bits per heavy atom. The molecule has 0 aliphatic heterocycles. The number of halogens is 1. The third-order valence-electron chi connectivity index (χ3n) is 3.50. The van der Waals surface area contributed by atoms with E-state index >= 15 is 0 Å². The average Bonchev–Trinajstić information content (AvgIpc) is 2.61. The highest BCUT2D eigenvalue weighted by molar-refractivity contribution is 9.10. The van der Waals surface area contributed by atoms with Gasteiger partial charge in [0.2, 0.25) is 10.0 Å². The molecular formula is C19H19BrN2O3S. The maximum atomic E-state index is 12.6. The zero-order valence-corrected chi connectivity index (χ0v) is 16.5. The SMILES string of the molecule is C=CCN(CC=C)S(=O)(=O)c1ccc(C(=O)Nc2cccc(Br)c2)cc1. The molecule has 0 spiro atoms. The highest BCUT2D eigenvalue weighted by atomic mass is 79.9. The second kappa shape index (κ2) is 8.93. The van der Waals surface area contributed by atoms with Gasteiger partial charge < -0.3 is 5.32 Å². The fraction of sp³-hybridized carbons (Fsp3) is 0.105. The molecule has 1 N–H and O–H groups in total. The van der Waals surface area contributed by atoms with E-state index in [4.69, 9.17) is 0 Å². The normalized spacial score (nSPS) is 11.2. The van der Waals surface area contributed by atoms with Crippen molar-refractivity contribution in [2.24, 2.45) is 0 Å². The van der Waals surface area contributed by atoms with Gasteiger partial charge in [-0.1, -0.05) is 34.1 Å². The first-order valence-corrected chi connectivity index (χ1v) is 10.0. The lowest BCUT2D eigenvalue weighted by Gasteiger charge is -2.19. The van der Waals surface area contributed by atoms with Crippen LogP contribution in [0.5, 0.6) is 0 Å². The molecule has 7 heteroatoms. The second-order valence-electron chi connectivity index (χ2n) is 5.39. The number of nitrogens with zero attached hydrogens (tertiary/aromatic N) is 1. The molecule has 0 saturated carbocycles. The molecule has 1 amide bonds. The van der Waals surface area contributed by atoms with Crippen LogP contribution in [0.4, 0.5) is 5.69 Å². The van der Waals surface area contributed by atoms with E-state index in [9.17, 15) is 13.2 Å². The monoisotopic (exact) mass is 434 g/mol. The molecule has 2 aromatic rings. The summed E-state index contributed by atoms with van der Waals surface area (Å²) in [5.74, 6) is -0.318. The molecule has 0 saturated heterocycles. The van der Waals surface area contributed by atoms with Crippen LogP contribution in [0.25, 0.3) is 0 Å². The van der Waals surface area contributed by atoms with Crippen molar-refractivity contribution in [3.05, 3.63) is 83.9 Å². The van der Waals surface area contributed by atoms with Crippen molar-refractivity contribution in [3.63, 3.8) is 0 Å². The predicted molar refractivity (Wildman–Crippen MR) is 108 cm³/mol. The minimum atomic E-state index is -3.68. The summed E-state index contributed by atoms with van der Waals surface area (Å²) >= 11 is 3.34. The molecule has 0 heterocycles. The second-order valence-corrected chi connectivity index (χ2v) is 8.24. The largest absolute Gasteiger partial charge is 0.322 e. The van der Waals surface area contributed by atoms with Crippen molar-refractivity contribution in [1.29, 1.82) is 0 Å². The molecule has 0 radical (unpaired) electrons. The Kier molecular flexibility index (Phi) is 6.90. The highest BCUT2D eigenvalue weighted by Crippen LogP contribution is 2.19. The maximum absolute atomic E-state index is 12.6. The van der Waals surface area contributed by atoms with E-state index in [0.29, 0.717) is 11.3 Å². The lowest BCUT2D eigenvalue weighted by Crippen LogP contribution is -2.31. The zero-order chi connectivity index (χ0) is 19.2. The van der Waals surface area contributed by atoms with E-state index < -0.39 is 10.0 Å². The van der Waals surface area contributed by atoms with Crippen LogP contribution in [-0.4, -0.2) is 31.7 Å². The van der Waals surface area contributed by atoms with E-state index in [-0.39, 0.29) is 23.9 Å². The highest BCUT2D eigenvalue weighted by Gasteiger charge is 2.22. The van der Waals surface area contributed by atoms with Crippen LogP contribution in [-0.2, 0) is 10.0 Å². The molecule has 0 aliphatic rings. The van der Waals surface area contributed by atoms with Gasteiger partial charge in [-0.25, -0.2) is 8.42 Å². The molecule has 2 aromatic carbocycles. The first-order chi connectivity index (χ1) is 12.4. The van der Waals surface area contributed by atoms with Crippen LogP contribution >= 0.6 is 15.9 Å². The minimum absolute atomic E-state index is 0.111. The molecule has 2 rings (SSSR count). The molecule has 0 aliphatic carbocycles. The molecule has 0 aromatic heterocycles. The molecule has 0 unspecified atom stereocenters. The van der Waals surface area contributed by atoms with Gasteiger partial charge in [0.05, 0.1) is 4.90 Å². The average molecular weight is 435 g/mol. The zero-order valence-electron chi connectivity index (χ0n) is 14.1. The van der Waals surface area contributed by atoms with Gasteiger partial charge in [-0.2, -0.15) is 4.31 Å². The number of anilines is 1. The summed E-state index contributed by atoms with van der Waals surface area (Å²) in [6.45, 7) is 7.51. The number of carbonyl (C=O) groups is 1. The summed E-state index contributed by atoms with van der Waals surface area (Å²) in [5, 5.41) is 2.77. The van der Waals surface area contributed by atoms with Crippen LogP contribution in [0.2, 0.25) is 0 Å². The summed E-state index contributed by atoms with van der Waals surface area (Å²) in [6.07, 6.45) is 3.03. The number of sulfonamides is 1. The molecule has 5 nitrogen and oxygen atoms in total. The van der Waals surface area contributed by atoms with Crippen molar-refractivity contribution in [2.75, 3.05) is 18.4 Å². The summed E-state index contributed by atoms with van der Waals surface area (Å²) in [6, 6.07) is 13.0. The number of carbonyl (C=O) groups excluding carboxylic acids is 1. The van der Waals surface area contributed by atoms with Crippen molar-refractivity contribution in [2.45, 2.75) is 4.90 Å². The van der Waals surface area contributed by atoms with E-state index in [1.54, 1.807) is 12.1 Å². The van der Waals surface area contributed by atoms with Crippen molar-refractivity contribution < 1.29 is 13.2 Å². The number of nitrogens with one attached hydrogen (secondary N) is 1. The Hall–Kier alpha value is -2.22. The third kappa shape index (κ3) is 4.91. The van der Waals surface area contributed by atoms with Gasteiger partial charge in [0.25, 0.3) is 5.91 Å². The predicted octanol–water partition coefficient (Wildman–Crippen LogP) is 4.06. The van der Waals surface area contributed by atoms with Crippen molar-refractivity contribution in [3.8, 4) is 0 Å². The van der Waals surface area contributed by atoms with Gasteiger partial charge in [0.1, 0.15) is 0 Å². The summed E-state index contributed by atoms with van der Waals surface area (Å²) in [5.41, 5.74) is 1.01. The smallest absolute Gasteiger partial charge is 0.255 e. The molecule has 26 heavy (non-hydrogen) atoms. The van der Waals surface area contributed by atoms with Crippen LogP contribution in [0, 0.1) is 0 Å². The third-order valence-corrected chi connectivity index (χ3v) is 5.84. The van der Waals surface area contributed by atoms with Gasteiger partial charge in [0, 0.05) is 28.8 Å². The first-order valence-electron chi connectivity index (χ1n) is 7.77. The van der Waals surface area contributed by atoms with Crippen molar-refractivity contribution in [1.82, 2.24) is 4.31 Å². The van der Waals surface area contributed by atoms with E-state index in [1.165, 1.54) is 40.7 Å². The Bertz CT molecular complexity index is 899. The van der Waals surface area contributed by atoms with Gasteiger partial charge in [0.15, 0.2) is 0 Å². The van der Waals surface area contributed by atoms with Crippen molar-refractivity contribution >= 4 is 37.5 Å². The fourth-order valence-electron chi connectivity index (χ4n) is 2.26. The Labute approximate surface area is 162 Å². The van der Waals surface area contributed by atoms with Crippen LogP contribution in [0.3, 0.4) is 0 Å². The fourth-order valence-corrected chi connectivity index (χ4v) is 4.04. The Balaban J connectivity index is 2.20. The molecule has 0 atom stereocenters. The minimum Gasteiger partial charge on any atom is -0.322 e. The van der Waals surface area contributed by atoms with Crippen LogP contribution in [0.15, 0.2) is 83.2 Å². The van der Waals surface area contributed by atoms with Crippen LogP contribution in [0.1, 0.15) is 10.4 Å². The molecule has 0 bridgehead atoms. The summed E-state index contributed by atoms with van der Waals surface area (Å²) in [7, 11) is -3.68. The number of hydrogen-bond acceptors (Lipinski definition) is 3. The number of amides is 1. The summed E-state index contributed by atoms with van der Waals surface area (Å²) in [4.78, 5) is 12.4. The van der Waals surface area contributed by atoms with E-state index in [0.717, 1.165) is 4.47 Å². The van der Waals surface area contributed by atoms with Crippen LogP contribution < -0.4 is 5.32 Å². The van der Waals surface area contributed by atoms with Gasteiger partial charge in [-0.3, -0.25) is 4.79 Å². The number of benzene rings is 2. The Morgan fingerprint density at radius 1 is 1.08 bits per heavy atom. The first kappa shape index (κ1) is 20.1. The lowest BCUT2D eigenvalue weighted by atomic mass is 10.2. The van der Waals surface area contributed by atoms with Gasteiger partial charge in [-0.05, 0) is 42.5 Å². The Morgan fingerprint density at radius 3 is 2.23 bits per heavy atom. The maximum Gasteiger partial charge on any atom is 0.255 e. The topological polar surface area (TPSA) is 66.5 Å². The molecule has 136 valence electrons. The molecule has 0 fully saturated rings. The number of rotatable bonds is 8. The van der Waals surface area contributed by atoms with Gasteiger partial charge >= 0.3 is 0 Å². The standard InChI is InChI=1S/C19H19BrN2O3S/c1-3-12-22(13-4-2)26(24,25)18-10-8-15(9-11-18)19(23)21-17-7-5-6-16(20)14-17/h3-11,14H,1-2,12-13H2,(H,21,23). The van der Waals surface area contributed by atoms with E-state index in [1.807, 2.05) is 12.1 Å².